The van der Waals surface area contributed by atoms with Gasteiger partial charge >= 0.3 is 6.18 Å². The molecule has 8 heteroatoms. The molecule has 2 unspecified atom stereocenters. The number of rotatable bonds is 4. The smallest absolute Gasteiger partial charge is 0.416 e. The molecule has 0 radical (unpaired) electrons. The van der Waals surface area contributed by atoms with Gasteiger partial charge in [0.25, 0.3) is 5.91 Å². The fourth-order valence-electron chi connectivity index (χ4n) is 5.16. The number of nitrogens with one attached hydrogen (secondary N) is 1. The summed E-state index contributed by atoms with van der Waals surface area (Å²) in [5, 5.41) is 13.9. The lowest BCUT2D eigenvalue weighted by Gasteiger charge is -2.27. The monoisotopic (exact) mass is 444 g/mol. The fourth-order valence-corrected chi connectivity index (χ4v) is 5.16. The molecule has 5 nitrogen and oxygen atoms in total. The molecule has 32 heavy (non-hydrogen) atoms. The minimum atomic E-state index is -4.44. The molecular weight excluding hydrogens is 421 g/mol. The van der Waals surface area contributed by atoms with E-state index in [1.165, 1.54) is 25.0 Å². The van der Waals surface area contributed by atoms with Gasteiger partial charge in [-0.25, -0.2) is 0 Å². The number of halogens is 3. The number of furan rings is 1. The second kappa shape index (κ2) is 7.55. The third kappa shape index (κ3) is 3.62. The summed E-state index contributed by atoms with van der Waals surface area (Å²) >= 11 is 0. The molecule has 0 spiro atoms. The first-order valence-corrected chi connectivity index (χ1v) is 10.7. The standard InChI is InChI=1S/C24H23F3N2O3/c1-13-21(23(31)28-16-5-3-15(4-6-16)24(25,26)27)22-18(19(30)8-9-20(22)32-13)12-29-11-14-2-7-17(29)10-14/h3-6,8-9,14,17,30H,2,7,10-12H2,1H3,(H,28,31). The molecule has 2 N–H and O–H groups in total. The number of anilines is 1. The van der Waals surface area contributed by atoms with Crippen molar-refractivity contribution in [1.82, 2.24) is 4.90 Å². The number of benzene rings is 2. The van der Waals surface area contributed by atoms with Crippen molar-refractivity contribution in [3.05, 3.63) is 58.8 Å². The highest BCUT2D eigenvalue weighted by Crippen LogP contribution is 2.41. The third-order valence-electron chi connectivity index (χ3n) is 6.70. The molecule has 1 aliphatic carbocycles. The number of carbonyl (C=O) groups excluding carboxylic acids is 1. The van der Waals surface area contributed by atoms with Crippen molar-refractivity contribution in [2.75, 3.05) is 11.9 Å². The minimum Gasteiger partial charge on any atom is -0.508 e. The zero-order valence-electron chi connectivity index (χ0n) is 17.5. The Morgan fingerprint density at radius 3 is 2.56 bits per heavy atom. The van der Waals surface area contributed by atoms with Gasteiger partial charge in [-0.05, 0) is 68.5 Å². The van der Waals surface area contributed by atoms with Crippen LogP contribution < -0.4 is 5.32 Å². The quantitative estimate of drug-likeness (QED) is 0.542. The maximum atomic E-state index is 13.1. The number of nitrogens with zero attached hydrogens (tertiary/aromatic N) is 1. The van der Waals surface area contributed by atoms with E-state index in [9.17, 15) is 23.1 Å². The summed E-state index contributed by atoms with van der Waals surface area (Å²) in [7, 11) is 0. The van der Waals surface area contributed by atoms with Crippen molar-refractivity contribution in [1.29, 1.82) is 0 Å². The molecule has 2 bridgehead atoms. The summed E-state index contributed by atoms with van der Waals surface area (Å²) in [6.45, 7) is 3.16. The normalized spacial score (nSPS) is 20.9. The van der Waals surface area contributed by atoms with E-state index in [4.69, 9.17) is 4.42 Å². The van der Waals surface area contributed by atoms with Gasteiger partial charge in [0.15, 0.2) is 0 Å². The van der Waals surface area contributed by atoms with Crippen LogP contribution in [0.2, 0.25) is 0 Å². The van der Waals surface area contributed by atoms with Crippen LogP contribution in [0.15, 0.2) is 40.8 Å². The molecule has 1 amide bonds. The minimum absolute atomic E-state index is 0.102. The Kier molecular flexibility index (Phi) is 4.93. The highest BCUT2D eigenvalue weighted by atomic mass is 19.4. The number of hydrogen-bond donors (Lipinski definition) is 2. The zero-order chi connectivity index (χ0) is 22.6. The lowest BCUT2D eigenvalue weighted by atomic mass is 10.0. The number of aryl methyl sites for hydroxylation is 1. The molecule has 5 rings (SSSR count). The van der Waals surface area contributed by atoms with Crippen LogP contribution in [-0.2, 0) is 12.7 Å². The van der Waals surface area contributed by atoms with Crippen LogP contribution >= 0.6 is 0 Å². The summed E-state index contributed by atoms with van der Waals surface area (Å²) in [4.78, 5) is 15.5. The van der Waals surface area contributed by atoms with E-state index in [1.54, 1.807) is 19.1 Å². The summed E-state index contributed by atoms with van der Waals surface area (Å²) in [5.41, 5.74) is 0.889. The first kappa shape index (κ1) is 20.9. The second-order valence-electron chi connectivity index (χ2n) is 8.76. The van der Waals surface area contributed by atoms with Gasteiger partial charge in [-0.15, -0.1) is 0 Å². The van der Waals surface area contributed by atoms with E-state index >= 15 is 0 Å². The first-order valence-electron chi connectivity index (χ1n) is 10.7. The number of piperidine rings is 1. The first-order chi connectivity index (χ1) is 15.2. The molecular formula is C24H23F3N2O3. The van der Waals surface area contributed by atoms with Crippen molar-refractivity contribution in [2.24, 2.45) is 5.92 Å². The van der Waals surface area contributed by atoms with E-state index in [-0.39, 0.29) is 17.0 Å². The topological polar surface area (TPSA) is 65.7 Å². The Bertz CT molecular complexity index is 1180. The van der Waals surface area contributed by atoms with E-state index < -0.39 is 17.6 Å². The van der Waals surface area contributed by atoms with Crippen LogP contribution in [0.5, 0.6) is 5.75 Å². The highest BCUT2D eigenvalue weighted by molar-refractivity contribution is 6.14. The number of likely N-dealkylation sites (tertiary alicyclic amines) is 1. The molecule has 1 aromatic heterocycles. The van der Waals surface area contributed by atoms with E-state index in [0.29, 0.717) is 40.8 Å². The zero-order valence-corrected chi connectivity index (χ0v) is 17.5. The lowest BCUT2D eigenvalue weighted by molar-refractivity contribution is -0.137. The second-order valence-corrected chi connectivity index (χ2v) is 8.76. The fraction of sp³-hybridized carbons (Fsp3) is 0.375. The number of aromatic hydroxyl groups is 1. The van der Waals surface area contributed by atoms with E-state index in [2.05, 4.69) is 10.2 Å². The number of hydrogen-bond acceptors (Lipinski definition) is 4. The van der Waals surface area contributed by atoms with E-state index in [1.807, 2.05) is 0 Å². The highest BCUT2D eigenvalue weighted by Gasteiger charge is 2.38. The summed E-state index contributed by atoms with van der Waals surface area (Å²) < 4.78 is 44.2. The maximum Gasteiger partial charge on any atom is 0.416 e. The number of phenolic OH excluding ortho intramolecular Hbond substituents is 1. The molecule has 1 aliphatic heterocycles. The van der Waals surface area contributed by atoms with Crippen LogP contribution in [0, 0.1) is 12.8 Å². The van der Waals surface area contributed by atoms with Crippen LogP contribution in [0.25, 0.3) is 11.0 Å². The van der Waals surface area contributed by atoms with Gasteiger partial charge in [0.1, 0.15) is 17.1 Å². The van der Waals surface area contributed by atoms with Gasteiger partial charge in [0, 0.05) is 35.8 Å². The van der Waals surface area contributed by atoms with Gasteiger partial charge in [0.2, 0.25) is 0 Å². The Hall–Kier alpha value is -3.00. The van der Waals surface area contributed by atoms with Gasteiger partial charge in [0.05, 0.1) is 11.1 Å². The predicted molar refractivity (Wildman–Crippen MR) is 114 cm³/mol. The van der Waals surface area contributed by atoms with Gasteiger partial charge < -0.3 is 14.8 Å². The van der Waals surface area contributed by atoms with Crippen molar-refractivity contribution in [2.45, 2.75) is 44.9 Å². The Labute approximate surface area is 182 Å². The Morgan fingerprint density at radius 1 is 1.19 bits per heavy atom. The number of fused-ring (bicyclic) bond motifs is 3. The number of amides is 1. The van der Waals surface area contributed by atoms with E-state index in [0.717, 1.165) is 25.1 Å². The van der Waals surface area contributed by atoms with Crippen LogP contribution in [0.3, 0.4) is 0 Å². The van der Waals surface area contributed by atoms with Gasteiger partial charge in [-0.2, -0.15) is 13.2 Å². The SMILES string of the molecule is Cc1oc2ccc(O)c(CN3CC4CCC3C4)c2c1C(=O)Nc1ccc(C(F)(F)F)cc1. The average Bonchev–Trinajstić information content (AvgIpc) is 3.43. The maximum absolute atomic E-state index is 13.1. The Morgan fingerprint density at radius 2 is 1.94 bits per heavy atom. The molecule has 2 aliphatic rings. The van der Waals surface area contributed by atoms with Crippen molar-refractivity contribution < 1.29 is 27.5 Å². The third-order valence-corrected chi connectivity index (χ3v) is 6.70. The molecule has 1 saturated carbocycles. The predicted octanol–water partition coefficient (Wildman–Crippen LogP) is 5.70. The molecule has 168 valence electrons. The molecule has 3 aromatic rings. The molecule has 2 heterocycles. The number of alkyl halides is 3. The Balaban J connectivity index is 1.47. The van der Waals surface area contributed by atoms with Crippen LogP contribution in [0.4, 0.5) is 18.9 Å². The summed E-state index contributed by atoms with van der Waals surface area (Å²) in [5.74, 6) is 0.689. The van der Waals surface area contributed by atoms with Crippen LogP contribution in [0.1, 0.15) is 46.5 Å². The van der Waals surface area contributed by atoms with Crippen molar-refractivity contribution in [3.63, 3.8) is 0 Å². The van der Waals surface area contributed by atoms with Crippen molar-refractivity contribution in [3.8, 4) is 5.75 Å². The number of carbonyl (C=O) groups is 1. The summed E-state index contributed by atoms with van der Waals surface area (Å²) in [6.07, 6.45) is -0.889. The summed E-state index contributed by atoms with van der Waals surface area (Å²) in [6, 6.07) is 7.99. The molecule has 1 saturated heterocycles. The number of phenols is 1. The molecule has 2 fully saturated rings. The lowest BCUT2D eigenvalue weighted by Crippen LogP contribution is -2.31. The molecule has 2 aromatic carbocycles. The van der Waals surface area contributed by atoms with Gasteiger partial charge in [-0.1, -0.05) is 0 Å². The molecule has 2 atom stereocenters. The largest absolute Gasteiger partial charge is 0.508 e. The van der Waals surface area contributed by atoms with Crippen molar-refractivity contribution >= 4 is 22.6 Å². The van der Waals surface area contributed by atoms with Crippen LogP contribution in [-0.4, -0.2) is 28.5 Å². The average molecular weight is 444 g/mol. The van der Waals surface area contributed by atoms with Gasteiger partial charge in [-0.3, -0.25) is 9.69 Å².